The summed E-state index contributed by atoms with van der Waals surface area (Å²) in [6.45, 7) is 1.32. The van der Waals surface area contributed by atoms with Crippen LogP contribution in [0.1, 0.15) is 16.7 Å². The zero-order valence-corrected chi connectivity index (χ0v) is 17.5. The van der Waals surface area contributed by atoms with Gasteiger partial charge in [-0.15, -0.1) is 0 Å². The number of rotatable bonds is 6. The lowest BCUT2D eigenvalue weighted by Gasteiger charge is -2.18. The fraction of sp³-hybridized carbons (Fsp3) is 0.278. The minimum Gasteiger partial charge on any atom is -0.325 e. The number of alkyl halides is 3. The third kappa shape index (κ3) is 6.05. The van der Waals surface area contributed by atoms with Gasteiger partial charge in [0.2, 0.25) is 15.9 Å². The summed E-state index contributed by atoms with van der Waals surface area (Å²) in [5, 5.41) is 2.62. The molecular formula is C18H18BrF3N2O3S. The third-order valence-electron chi connectivity index (χ3n) is 3.91. The maximum absolute atomic E-state index is 12.8. The maximum Gasteiger partial charge on any atom is 0.416 e. The Bertz CT molecular complexity index is 978. The molecule has 0 radical (unpaired) electrons. The molecule has 2 aromatic carbocycles. The molecule has 28 heavy (non-hydrogen) atoms. The number of carbonyl (C=O) groups excluding carboxylic acids is 1. The summed E-state index contributed by atoms with van der Waals surface area (Å²) < 4.78 is 64.8. The molecule has 0 aromatic heterocycles. The standard InChI is InChI=1S/C18H18BrF3N2O3S/c1-12-8-15(19)6-7-16(12)23-17(25)10-24(2)28(26,27)11-13-4-3-5-14(9-13)18(20,21)22/h3-9H,10-11H2,1-2H3,(H,23,25). The number of carbonyl (C=O) groups is 1. The topological polar surface area (TPSA) is 66.5 Å². The van der Waals surface area contributed by atoms with Gasteiger partial charge in [-0.2, -0.15) is 17.5 Å². The normalized spacial score (nSPS) is 12.2. The van der Waals surface area contributed by atoms with Gasteiger partial charge in [-0.05, 0) is 42.3 Å². The van der Waals surface area contributed by atoms with Crippen LogP contribution in [0, 0.1) is 6.92 Å². The number of sulfonamides is 1. The fourth-order valence-electron chi connectivity index (χ4n) is 2.42. The Labute approximate surface area is 169 Å². The van der Waals surface area contributed by atoms with Crippen LogP contribution in [0.15, 0.2) is 46.9 Å². The average molecular weight is 479 g/mol. The van der Waals surface area contributed by atoms with Crippen LogP contribution in [0.4, 0.5) is 18.9 Å². The van der Waals surface area contributed by atoms with Gasteiger partial charge in [0.1, 0.15) is 0 Å². The van der Waals surface area contributed by atoms with Crippen LogP contribution in [0.2, 0.25) is 0 Å². The molecule has 2 rings (SSSR count). The van der Waals surface area contributed by atoms with Crippen LogP contribution in [-0.4, -0.2) is 32.2 Å². The van der Waals surface area contributed by atoms with E-state index < -0.39 is 40.0 Å². The van der Waals surface area contributed by atoms with E-state index in [0.717, 1.165) is 32.5 Å². The molecule has 0 heterocycles. The summed E-state index contributed by atoms with van der Waals surface area (Å²) >= 11 is 3.31. The van der Waals surface area contributed by atoms with E-state index in [4.69, 9.17) is 0 Å². The van der Waals surface area contributed by atoms with E-state index in [1.807, 2.05) is 0 Å². The number of nitrogens with zero attached hydrogens (tertiary/aromatic N) is 1. The molecule has 10 heteroatoms. The van der Waals surface area contributed by atoms with Gasteiger partial charge in [-0.3, -0.25) is 4.79 Å². The van der Waals surface area contributed by atoms with E-state index in [1.165, 1.54) is 13.1 Å². The number of likely N-dealkylation sites (N-methyl/N-ethyl adjacent to an activating group) is 1. The minimum absolute atomic E-state index is 0.00848. The lowest BCUT2D eigenvalue weighted by atomic mass is 10.1. The molecule has 1 N–H and O–H groups in total. The van der Waals surface area contributed by atoms with E-state index >= 15 is 0 Å². The SMILES string of the molecule is Cc1cc(Br)ccc1NC(=O)CN(C)S(=O)(=O)Cc1cccc(C(F)(F)F)c1. The molecule has 0 aliphatic rings. The van der Waals surface area contributed by atoms with Crippen LogP contribution in [0.3, 0.4) is 0 Å². The first kappa shape index (κ1) is 22.4. The zero-order chi connectivity index (χ0) is 21.1. The Hall–Kier alpha value is -1.91. The van der Waals surface area contributed by atoms with Crippen LogP contribution < -0.4 is 5.32 Å². The second kappa shape index (κ2) is 8.62. The molecular weight excluding hydrogens is 461 g/mol. The van der Waals surface area contributed by atoms with Crippen LogP contribution in [0.25, 0.3) is 0 Å². The Morgan fingerprint density at radius 1 is 1.18 bits per heavy atom. The second-order valence-electron chi connectivity index (χ2n) is 6.22. The summed E-state index contributed by atoms with van der Waals surface area (Å²) in [4.78, 5) is 12.2. The number of anilines is 1. The Morgan fingerprint density at radius 3 is 2.46 bits per heavy atom. The van der Waals surface area contributed by atoms with Crippen molar-refractivity contribution in [2.24, 2.45) is 0 Å². The number of hydrogen-bond acceptors (Lipinski definition) is 3. The Morgan fingerprint density at radius 2 is 1.86 bits per heavy atom. The predicted octanol–water partition coefficient (Wildman–Crippen LogP) is 4.18. The average Bonchev–Trinajstić information content (AvgIpc) is 2.56. The molecule has 0 aliphatic carbocycles. The summed E-state index contributed by atoms with van der Waals surface area (Å²) in [7, 11) is -2.78. The Kier molecular flexibility index (Phi) is 6.89. The number of benzene rings is 2. The predicted molar refractivity (Wildman–Crippen MR) is 104 cm³/mol. The molecule has 0 saturated carbocycles. The highest BCUT2D eigenvalue weighted by Crippen LogP contribution is 2.30. The molecule has 0 unspecified atom stereocenters. The quantitative estimate of drug-likeness (QED) is 0.677. The number of nitrogens with one attached hydrogen (secondary N) is 1. The molecule has 1 amide bonds. The van der Waals surface area contributed by atoms with Gasteiger partial charge in [0.25, 0.3) is 0 Å². The van der Waals surface area contributed by atoms with Crippen molar-refractivity contribution in [3.8, 4) is 0 Å². The molecule has 2 aromatic rings. The van der Waals surface area contributed by atoms with Gasteiger partial charge in [0.05, 0.1) is 17.9 Å². The zero-order valence-electron chi connectivity index (χ0n) is 15.0. The number of aryl methyl sites for hydroxylation is 1. The third-order valence-corrected chi connectivity index (χ3v) is 6.18. The molecule has 5 nitrogen and oxygen atoms in total. The number of hydrogen-bond donors (Lipinski definition) is 1. The lowest BCUT2D eigenvalue weighted by Crippen LogP contribution is -2.35. The smallest absolute Gasteiger partial charge is 0.325 e. The largest absolute Gasteiger partial charge is 0.416 e. The summed E-state index contributed by atoms with van der Waals surface area (Å²) in [6.07, 6.45) is -4.56. The minimum atomic E-state index is -4.56. The van der Waals surface area contributed by atoms with E-state index in [2.05, 4.69) is 21.2 Å². The van der Waals surface area contributed by atoms with Crippen molar-refractivity contribution in [2.75, 3.05) is 18.9 Å². The van der Waals surface area contributed by atoms with Crippen molar-refractivity contribution in [1.29, 1.82) is 0 Å². The maximum atomic E-state index is 12.8. The fourth-order valence-corrected chi connectivity index (χ4v) is 4.03. The highest BCUT2D eigenvalue weighted by atomic mass is 79.9. The lowest BCUT2D eigenvalue weighted by molar-refractivity contribution is -0.137. The van der Waals surface area contributed by atoms with Gasteiger partial charge in [0.15, 0.2) is 0 Å². The van der Waals surface area contributed by atoms with Crippen molar-refractivity contribution >= 4 is 37.5 Å². The van der Waals surface area contributed by atoms with Crippen LogP contribution in [-0.2, 0) is 26.7 Å². The molecule has 0 fully saturated rings. The monoisotopic (exact) mass is 478 g/mol. The van der Waals surface area contributed by atoms with Gasteiger partial charge < -0.3 is 5.32 Å². The van der Waals surface area contributed by atoms with Crippen molar-refractivity contribution in [2.45, 2.75) is 18.9 Å². The first-order valence-corrected chi connectivity index (χ1v) is 10.4. The number of halogens is 4. The van der Waals surface area contributed by atoms with Gasteiger partial charge >= 0.3 is 6.18 Å². The summed E-state index contributed by atoms with van der Waals surface area (Å²) in [5.41, 5.74) is 0.395. The van der Waals surface area contributed by atoms with Crippen LogP contribution >= 0.6 is 15.9 Å². The molecule has 152 valence electrons. The highest BCUT2D eigenvalue weighted by Gasteiger charge is 2.31. The first-order chi connectivity index (χ1) is 12.9. The highest BCUT2D eigenvalue weighted by molar-refractivity contribution is 9.10. The van der Waals surface area contributed by atoms with Crippen molar-refractivity contribution in [3.63, 3.8) is 0 Å². The van der Waals surface area contributed by atoms with E-state index in [-0.39, 0.29) is 5.56 Å². The van der Waals surface area contributed by atoms with Crippen LogP contribution in [0.5, 0.6) is 0 Å². The first-order valence-electron chi connectivity index (χ1n) is 8.04. The van der Waals surface area contributed by atoms with Gasteiger partial charge in [0, 0.05) is 17.2 Å². The molecule has 0 spiro atoms. The molecule has 0 aliphatic heterocycles. The summed E-state index contributed by atoms with van der Waals surface area (Å²) in [6, 6.07) is 9.31. The van der Waals surface area contributed by atoms with Gasteiger partial charge in [-0.25, -0.2) is 8.42 Å². The van der Waals surface area contributed by atoms with E-state index in [1.54, 1.807) is 25.1 Å². The van der Waals surface area contributed by atoms with Crippen molar-refractivity contribution in [3.05, 3.63) is 63.6 Å². The molecule has 0 atom stereocenters. The Balaban J connectivity index is 2.06. The number of amides is 1. The van der Waals surface area contributed by atoms with Crippen molar-refractivity contribution in [1.82, 2.24) is 4.31 Å². The molecule has 0 bridgehead atoms. The second-order valence-corrected chi connectivity index (χ2v) is 9.21. The van der Waals surface area contributed by atoms with E-state index in [0.29, 0.717) is 5.69 Å². The molecule has 0 saturated heterocycles. The summed E-state index contributed by atoms with van der Waals surface area (Å²) in [5.74, 6) is -1.20. The van der Waals surface area contributed by atoms with E-state index in [9.17, 15) is 26.4 Å². The van der Waals surface area contributed by atoms with Gasteiger partial charge in [-0.1, -0.05) is 34.1 Å². The van der Waals surface area contributed by atoms with Crippen molar-refractivity contribution < 1.29 is 26.4 Å².